The van der Waals surface area contributed by atoms with Crippen molar-refractivity contribution in [3.8, 4) is 0 Å². The zero-order valence-corrected chi connectivity index (χ0v) is 11.7. The van der Waals surface area contributed by atoms with Gasteiger partial charge in [0, 0.05) is 5.38 Å². The Morgan fingerprint density at radius 1 is 1.25 bits per heavy atom. The van der Waals surface area contributed by atoms with Crippen LogP contribution < -0.4 is 0 Å². The number of hydrogen-bond donors (Lipinski definition) is 1. The highest BCUT2D eigenvalue weighted by atomic mass is 32.1. The molecule has 0 saturated carbocycles. The van der Waals surface area contributed by atoms with Gasteiger partial charge in [-0.15, -0.1) is 11.3 Å². The molecule has 0 saturated heterocycles. The highest BCUT2D eigenvalue weighted by molar-refractivity contribution is 7.09. The monoisotopic (exact) mass is 287 g/mol. The van der Waals surface area contributed by atoms with Crippen LogP contribution in [0.15, 0.2) is 40.2 Å². The summed E-state index contributed by atoms with van der Waals surface area (Å²) in [4.78, 5) is 8.58. The molecular formula is C14H13N3O2S. The van der Waals surface area contributed by atoms with Gasteiger partial charge in [0.05, 0.1) is 17.1 Å². The van der Waals surface area contributed by atoms with Crippen molar-refractivity contribution in [2.45, 2.75) is 19.4 Å². The normalized spacial score (nSPS) is 12.5. The first kappa shape index (κ1) is 13.0. The van der Waals surface area contributed by atoms with Crippen LogP contribution in [0.2, 0.25) is 0 Å². The number of benzene rings is 1. The molecule has 0 bridgehead atoms. The Hall–Kier alpha value is -2.05. The molecular weight excluding hydrogens is 274 g/mol. The van der Waals surface area contributed by atoms with Crippen molar-refractivity contribution < 1.29 is 9.63 Å². The molecule has 2 aromatic heterocycles. The molecule has 0 amide bonds. The average Bonchev–Trinajstić information content (AvgIpc) is 3.09. The van der Waals surface area contributed by atoms with Crippen molar-refractivity contribution >= 4 is 11.3 Å². The molecule has 0 aliphatic carbocycles. The topological polar surface area (TPSA) is 72.0 Å². The van der Waals surface area contributed by atoms with E-state index in [0.717, 1.165) is 16.3 Å². The predicted molar refractivity (Wildman–Crippen MR) is 74.5 cm³/mol. The molecule has 0 fully saturated rings. The third-order valence-electron chi connectivity index (χ3n) is 2.84. The second kappa shape index (κ2) is 5.52. The summed E-state index contributed by atoms with van der Waals surface area (Å²) in [6.45, 7) is 1.95. The van der Waals surface area contributed by atoms with Crippen molar-refractivity contribution in [2.75, 3.05) is 0 Å². The Kier molecular flexibility index (Phi) is 3.58. The van der Waals surface area contributed by atoms with Crippen LogP contribution in [0.5, 0.6) is 0 Å². The highest BCUT2D eigenvalue weighted by Crippen LogP contribution is 2.20. The van der Waals surface area contributed by atoms with Crippen molar-refractivity contribution in [2.24, 2.45) is 0 Å². The van der Waals surface area contributed by atoms with Crippen molar-refractivity contribution in [3.63, 3.8) is 0 Å². The first-order valence-electron chi connectivity index (χ1n) is 6.19. The summed E-state index contributed by atoms with van der Waals surface area (Å²) in [7, 11) is 0. The first-order chi connectivity index (χ1) is 9.72. The molecule has 0 radical (unpaired) electrons. The van der Waals surface area contributed by atoms with Crippen LogP contribution in [-0.4, -0.2) is 20.2 Å². The van der Waals surface area contributed by atoms with Gasteiger partial charge in [-0.05, 0) is 12.5 Å². The minimum Gasteiger partial charge on any atom is -0.378 e. The Morgan fingerprint density at radius 2 is 2.05 bits per heavy atom. The lowest BCUT2D eigenvalue weighted by molar-refractivity contribution is 0.170. The highest BCUT2D eigenvalue weighted by Gasteiger charge is 2.18. The third-order valence-corrected chi connectivity index (χ3v) is 3.66. The standard InChI is InChI=1S/C14H13N3O2S/c1-9-15-11(8-20-9)7-12-16-14(19-17-12)13(18)10-5-3-2-4-6-10/h2-6,8,13,18H,7H2,1H3. The summed E-state index contributed by atoms with van der Waals surface area (Å²) in [6.07, 6.45) is -0.385. The second-order valence-corrected chi connectivity index (χ2v) is 5.46. The minimum atomic E-state index is -0.894. The van der Waals surface area contributed by atoms with E-state index in [2.05, 4.69) is 15.1 Å². The van der Waals surface area contributed by atoms with Crippen molar-refractivity contribution in [3.05, 3.63) is 63.7 Å². The molecule has 1 atom stereocenters. The SMILES string of the molecule is Cc1nc(Cc2noc(C(O)c3ccccc3)n2)cs1. The van der Waals surface area contributed by atoms with E-state index in [-0.39, 0.29) is 5.89 Å². The van der Waals surface area contributed by atoms with E-state index in [4.69, 9.17) is 4.52 Å². The van der Waals surface area contributed by atoms with Gasteiger partial charge in [-0.1, -0.05) is 35.5 Å². The molecule has 1 unspecified atom stereocenters. The molecule has 5 nitrogen and oxygen atoms in total. The summed E-state index contributed by atoms with van der Waals surface area (Å²) in [5.74, 6) is 0.735. The molecule has 20 heavy (non-hydrogen) atoms. The quantitative estimate of drug-likeness (QED) is 0.798. The van der Waals surface area contributed by atoms with Gasteiger partial charge in [0.25, 0.3) is 5.89 Å². The number of nitrogens with zero attached hydrogens (tertiary/aromatic N) is 3. The van der Waals surface area contributed by atoms with E-state index in [0.29, 0.717) is 12.2 Å². The van der Waals surface area contributed by atoms with Crippen LogP contribution in [-0.2, 0) is 6.42 Å². The number of thiazole rings is 1. The molecule has 0 spiro atoms. The van der Waals surface area contributed by atoms with E-state index in [1.54, 1.807) is 11.3 Å². The fourth-order valence-electron chi connectivity index (χ4n) is 1.88. The fourth-order valence-corrected chi connectivity index (χ4v) is 2.49. The van der Waals surface area contributed by atoms with Gasteiger partial charge in [0.1, 0.15) is 0 Å². The van der Waals surface area contributed by atoms with Gasteiger partial charge < -0.3 is 9.63 Å². The summed E-state index contributed by atoms with van der Waals surface area (Å²) >= 11 is 1.59. The summed E-state index contributed by atoms with van der Waals surface area (Å²) in [5, 5.41) is 17.0. The number of aromatic nitrogens is 3. The Morgan fingerprint density at radius 3 is 2.75 bits per heavy atom. The van der Waals surface area contributed by atoms with Crippen LogP contribution in [0.1, 0.15) is 34.1 Å². The van der Waals surface area contributed by atoms with Crippen LogP contribution in [0.3, 0.4) is 0 Å². The molecule has 102 valence electrons. The maximum absolute atomic E-state index is 10.2. The second-order valence-electron chi connectivity index (χ2n) is 4.40. The minimum absolute atomic E-state index is 0.207. The molecule has 3 aromatic rings. The molecule has 2 heterocycles. The number of aliphatic hydroxyl groups is 1. The number of aryl methyl sites for hydroxylation is 1. The molecule has 0 aliphatic heterocycles. The summed E-state index contributed by atoms with van der Waals surface area (Å²) in [6, 6.07) is 9.23. The lowest BCUT2D eigenvalue weighted by atomic mass is 10.1. The maximum Gasteiger partial charge on any atom is 0.260 e. The summed E-state index contributed by atoms with van der Waals surface area (Å²) in [5.41, 5.74) is 1.64. The van der Waals surface area contributed by atoms with Crippen molar-refractivity contribution in [1.29, 1.82) is 0 Å². The van der Waals surface area contributed by atoms with Crippen LogP contribution in [0, 0.1) is 6.92 Å². The molecule has 3 rings (SSSR count). The van der Waals surface area contributed by atoms with Crippen LogP contribution in [0.25, 0.3) is 0 Å². The predicted octanol–water partition coefficient (Wildman–Crippen LogP) is 2.51. The van der Waals surface area contributed by atoms with Gasteiger partial charge in [-0.3, -0.25) is 0 Å². The molecule has 0 aliphatic rings. The number of aliphatic hydroxyl groups excluding tert-OH is 1. The number of rotatable bonds is 4. The Balaban J connectivity index is 1.76. The largest absolute Gasteiger partial charge is 0.378 e. The van der Waals surface area contributed by atoms with E-state index < -0.39 is 6.10 Å². The number of hydrogen-bond acceptors (Lipinski definition) is 6. The lowest BCUT2D eigenvalue weighted by Gasteiger charge is -2.04. The van der Waals surface area contributed by atoms with Gasteiger partial charge in [0.15, 0.2) is 11.9 Å². The third kappa shape index (κ3) is 2.76. The van der Waals surface area contributed by atoms with E-state index in [1.807, 2.05) is 42.6 Å². The zero-order chi connectivity index (χ0) is 13.9. The lowest BCUT2D eigenvalue weighted by Crippen LogP contribution is -2.00. The molecule has 1 N–H and O–H groups in total. The van der Waals surface area contributed by atoms with Gasteiger partial charge in [-0.25, -0.2) is 4.98 Å². The van der Waals surface area contributed by atoms with E-state index in [1.165, 1.54) is 0 Å². The van der Waals surface area contributed by atoms with Gasteiger partial charge >= 0.3 is 0 Å². The van der Waals surface area contributed by atoms with Gasteiger partial charge in [0.2, 0.25) is 0 Å². The molecule has 1 aromatic carbocycles. The Labute approximate surface area is 119 Å². The van der Waals surface area contributed by atoms with E-state index in [9.17, 15) is 5.11 Å². The maximum atomic E-state index is 10.2. The zero-order valence-electron chi connectivity index (χ0n) is 10.9. The van der Waals surface area contributed by atoms with Crippen LogP contribution >= 0.6 is 11.3 Å². The molecule has 6 heteroatoms. The fraction of sp³-hybridized carbons (Fsp3) is 0.214. The van der Waals surface area contributed by atoms with E-state index >= 15 is 0 Å². The van der Waals surface area contributed by atoms with Gasteiger partial charge in [-0.2, -0.15) is 4.98 Å². The smallest absolute Gasteiger partial charge is 0.260 e. The Bertz CT molecular complexity index is 693. The summed E-state index contributed by atoms with van der Waals surface area (Å²) < 4.78 is 5.12. The first-order valence-corrected chi connectivity index (χ1v) is 7.07. The average molecular weight is 287 g/mol. The van der Waals surface area contributed by atoms with Crippen LogP contribution in [0.4, 0.5) is 0 Å². The van der Waals surface area contributed by atoms with Crippen molar-refractivity contribution in [1.82, 2.24) is 15.1 Å².